The first kappa shape index (κ1) is 20.2. The van der Waals surface area contributed by atoms with Gasteiger partial charge in [0.2, 0.25) is 0 Å². The number of nitrogens with zero attached hydrogens (tertiary/aromatic N) is 2. The minimum atomic E-state index is -2.60. The average molecular weight is 393 g/mol. The Hall–Kier alpha value is -2.50. The fraction of sp³-hybridized carbons (Fsp3) is 0.304. The lowest BCUT2D eigenvalue weighted by Crippen LogP contribution is -2.66. The van der Waals surface area contributed by atoms with E-state index in [-0.39, 0.29) is 10.8 Å². The SMILES string of the molecule is CC(=O)c1cc(CO[Si](c2ccccc2)(c2ccccc2)C(C)(C)C)n(C)n1. The molecule has 0 aliphatic carbocycles. The number of hydrogen-bond acceptors (Lipinski definition) is 3. The maximum atomic E-state index is 11.7. The van der Waals surface area contributed by atoms with E-state index in [1.807, 2.05) is 25.2 Å². The number of rotatable bonds is 6. The lowest BCUT2D eigenvalue weighted by atomic mass is 10.2. The molecule has 28 heavy (non-hydrogen) atoms. The number of aryl methyl sites for hydroxylation is 1. The maximum Gasteiger partial charge on any atom is 0.261 e. The molecule has 0 amide bonds. The molecule has 1 heterocycles. The Kier molecular flexibility index (Phi) is 5.68. The lowest BCUT2D eigenvalue weighted by molar-refractivity contribution is 0.101. The molecule has 0 saturated heterocycles. The van der Waals surface area contributed by atoms with Crippen LogP contribution in [0.25, 0.3) is 0 Å². The van der Waals surface area contributed by atoms with Crippen molar-refractivity contribution in [3.05, 3.63) is 78.1 Å². The Bertz CT molecular complexity index is 904. The smallest absolute Gasteiger partial charge is 0.261 e. The van der Waals surface area contributed by atoms with Crippen molar-refractivity contribution in [1.82, 2.24) is 9.78 Å². The van der Waals surface area contributed by atoms with E-state index < -0.39 is 8.32 Å². The minimum Gasteiger partial charge on any atom is -0.402 e. The molecule has 0 aliphatic heterocycles. The molecule has 0 aliphatic rings. The van der Waals surface area contributed by atoms with Crippen molar-refractivity contribution in [3.63, 3.8) is 0 Å². The molecule has 3 aromatic rings. The molecule has 0 fully saturated rings. The molecule has 5 heteroatoms. The van der Waals surface area contributed by atoms with Crippen LogP contribution >= 0.6 is 0 Å². The number of aromatic nitrogens is 2. The van der Waals surface area contributed by atoms with Gasteiger partial charge in [0.05, 0.1) is 12.3 Å². The van der Waals surface area contributed by atoms with Gasteiger partial charge >= 0.3 is 0 Å². The van der Waals surface area contributed by atoms with E-state index in [9.17, 15) is 4.79 Å². The normalized spacial score (nSPS) is 12.2. The van der Waals surface area contributed by atoms with Gasteiger partial charge in [-0.2, -0.15) is 5.10 Å². The van der Waals surface area contributed by atoms with Crippen LogP contribution in [0.4, 0.5) is 0 Å². The van der Waals surface area contributed by atoms with E-state index in [0.29, 0.717) is 12.3 Å². The molecule has 0 unspecified atom stereocenters. The summed E-state index contributed by atoms with van der Waals surface area (Å²) in [5.41, 5.74) is 1.38. The monoisotopic (exact) mass is 392 g/mol. The summed E-state index contributed by atoms with van der Waals surface area (Å²) in [6.45, 7) is 8.70. The Morgan fingerprint density at radius 3 is 1.89 bits per heavy atom. The molecule has 146 valence electrons. The van der Waals surface area contributed by atoms with E-state index >= 15 is 0 Å². The van der Waals surface area contributed by atoms with Gasteiger partial charge in [0.1, 0.15) is 5.69 Å². The fourth-order valence-electron chi connectivity index (χ4n) is 3.76. The standard InChI is InChI=1S/C23H28N2O2Si/c1-18(26)22-16-19(25(5)24-22)17-27-28(23(2,3)4,20-12-8-6-9-13-20)21-14-10-7-11-15-21/h6-16H,17H2,1-5H3. The van der Waals surface area contributed by atoms with Gasteiger partial charge in [-0.1, -0.05) is 81.4 Å². The zero-order valence-corrected chi connectivity index (χ0v) is 18.3. The van der Waals surface area contributed by atoms with Gasteiger partial charge in [-0.3, -0.25) is 9.48 Å². The summed E-state index contributed by atoms with van der Waals surface area (Å²) in [6, 6.07) is 22.9. The molecule has 4 nitrogen and oxygen atoms in total. The Morgan fingerprint density at radius 1 is 1.00 bits per heavy atom. The molecule has 0 atom stereocenters. The second-order valence-corrected chi connectivity index (χ2v) is 12.5. The van der Waals surface area contributed by atoms with Gasteiger partial charge < -0.3 is 4.43 Å². The van der Waals surface area contributed by atoms with Crippen molar-refractivity contribution in [3.8, 4) is 0 Å². The number of Topliss-reactive ketones (excluding diaryl/α,β-unsaturated/α-hetero) is 1. The van der Waals surface area contributed by atoms with Crippen molar-refractivity contribution >= 4 is 24.5 Å². The number of benzene rings is 2. The van der Waals surface area contributed by atoms with Crippen LogP contribution in [-0.2, 0) is 18.1 Å². The molecule has 3 rings (SSSR count). The number of ketones is 1. The molecule has 0 saturated carbocycles. The van der Waals surface area contributed by atoms with E-state index in [1.165, 1.54) is 17.3 Å². The molecule has 0 spiro atoms. The molecule has 0 N–H and O–H groups in total. The van der Waals surface area contributed by atoms with Crippen molar-refractivity contribution < 1.29 is 9.22 Å². The van der Waals surface area contributed by atoms with Crippen LogP contribution in [0.5, 0.6) is 0 Å². The quantitative estimate of drug-likeness (QED) is 0.475. The highest BCUT2D eigenvalue weighted by Crippen LogP contribution is 2.37. The van der Waals surface area contributed by atoms with Crippen LogP contribution in [0.2, 0.25) is 5.04 Å². The van der Waals surface area contributed by atoms with Crippen LogP contribution in [0.15, 0.2) is 66.7 Å². The van der Waals surface area contributed by atoms with Gasteiger partial charge in [-0.15, -0.1) is 0 Å². The van der Waals surface area contributed by atoms with Gasteiger partial charge in [0, 0.05) is 14.0 Å². The van der Waals surface area contributed by atoms with Crippen LogP contribution in [0, 0.1) is 0 Å². The van der Waals surface area contributed by atoms with Crippen molar-refractivity contribution in [2.75, 3.05) is 0 Å². The highest BCUT2D eigenvalue weighted by atomic mass is 28.4. The predicted molar refractivity (Wildman–Crippen MR) is 116 cm³/mol. The van der Waals surface area contributed by atoms with Crippen molar-refractivity contribution in [2.45, 2.75) is 39.3 Å². The highest BCUT2D eigenvalue weighted by Gasteiger charge is 2.50. The van der Waals surface area contributed by atoms with Gasteiger partial charge in [0.15, 0.2) is 5.78 Å². The summed E-state index contributed by atoms with van der Waals surface area (Å²) in [7, 11) is -0.741. The number of carbonyl (C=O) groups is 1. The maximum absolute atomic E-state index is 11.7. The third-order valence-electron chi connectivity index (χ3n) is 5.19. The zero-order valence-electron chi connectivity index (χ0n) is 17.3. The minimum absolute atomic E-state index is 0.0349. The summed E-state index contributed by atoms with van der Waals surface area (Å²) in [4.78, 5) is 11.7. The van der Waals surface area contributed by atoms with Gasteiger partial charge in [-0.05, 0) is 21.5 Å². The van der Waals surface area contributed by atoms with Gasteiger partial charge in [0.25, 0.3) is 8.32 Å². The van der Waals surface area contributed by atoms with E-state index in [0.717, 1.165) is 5.69 Å². The summed E-state index contributed by atoms with van der Waals surface area (Å²) in [5, 5.41) is 6.71. The van der Waals surface area contributed by atoms with E-state index in [1.54, 1.807) is 4.68 Å². The first-order valence-electron chi connectivity index (χ1n) is 9.54. The topological polar surface area (TPSA) is 44.1 Å². The fourth-order valence-corrected chi connectivity index (χ4v) is 8.28. The van der Waals surface area contributed by atoms with Crippen molar-refractivity contribution in [1.29, 1.82) is 0 Å². The van der Waals surface area contributed by atoms with Crippen LogP contribution < -0.4 is 10.4 Å². The first-order chi connectivity index (χ1) is 13.3. The van der Waals surface area contributed by atoms with Crippen molar-refractivity contribution in [2.24, 2.45) is 7.05 Å². The Balaban J connectivity index is 2.10. The molecule has 0 bridgehead atoms. The van der Waals surface area contributed by atoms with E-state index in [2.05, 4.69) is 74.4 Å². The molecule has 2 aromatic carbocycles. The molecular formula is C23H28N2O2Si. The molecule has 1 aromatic heterocycles. The average Bonchev–Trinajstić information content (AvgIpc) is 3.04. The third kappa shape index (κ3) is 3.73. The van der Waals surface area contributed by atoms with Crippen LogP contribution in [-0.4, -0.2) is 23.9 Å². The van der Waals surface area contributed by atoms with E-state index in [4.69, 9.17) is 4.43 Å². The third-order valence-corrected chi connectivity index (χ3v) is 10.2. The molecular weight excluding hydrogens is 364 g/mol. The summed E-state index contributed by atoms with van der Waals surface area (Å²) in [5.74, 6) is -0.0349. The molecule has 0 radical (unpaired) electrons. The first-order valence-corrected chi connectivity index (χ1v) is 11.5. The lowest BCUT2D eigenvalue weighted by Gasteiger charge is -2.43. The zero-order chi connectivity index (χ0) is 20.4. The number of hydrogen-bond donors (Lipinski definition) is 0. The van der Waals surface area contributed by atoms with Gasteiger partial charge in [-0.25, -0.2) is 0 Å². The second-order valence-electron chi connectivity index (χ2n) is 8.15. The largest absolute Gasteiger partial charge is 0.402 e. The number of carbonyl (C=O) groups excluding carboxylic acids is 1. The predicted octanol–water partition coefficient (Wildman–Crippen LogP) is 3.70. The summed E-state index contributed by atoms with van der Waals surface area (Å²) < 4.78 is 8.64. The summed E-state index contributed by atoms with van der Waals surface area (Å²) >= 11 is 0. The highest BCUT2D eigenvalue weighted by molar-refractivity contribution is 6.99. The Morgan fingerprint density at radius 2 is 1.50 bits per heavy atom. The Labute approximate surface area is 168 Å². The summed E-state index contributed by atoms with van der Waals surface area (Å²) in [6.07, 6.45) is 0. The second kappa shape index (κ2) is 7.85. The van der Waals surface area contributed by atoms with Crippen LogP contribution in [0.1, 0.15) is 43.9 Å². The van der Waals surface area contributed by atoms with Crippen LogP contribution in [0.3, 0.4) is 0 Å².